The molecule has 6 heteroatoms. The van der Waals surface area contributed by atoms with Gasteiger partial charge in [0.05, 0.1) is 15.7 Å². The number of fused-ring (bicyclic) bond motifs is 1. The van der Waals surface area contributed by atoms with E-state index < -0.39 is 28.0 Å². The smallest absolute Gasteiger partial charge is 0.242 e. The van der Waals surface area contributed by atoms with Gasteiger partial charge in [0.25, 0.3) is 0 Å². The average molecular weight is 355 g/mol. The fourth-order valence-corrected chi connectivity index (χ4v) is 2.90. The molecule has 0 aromatic heterocycles. The van der Waals surface area contributed by atoms with Crippen LogP contribution in [0.4, 0.5) is 13.2 Å². The normalized spacial score (nSPS) is 15.8. The zero-order valence-corrected chi connectivity index (χ0v) is 14.5. The van der Waals surface area contributed by atoms with Gasteiger partial charge in [-0.3, -0.25) is 0 Å². The molecule has 0 spiro atoms. The lowest BCUT2D eigenvalue weighted by Gasteiger charge is -2.24. The van der Waals surface area contributed by atoms with Crippen molar-refractivity contribution in [3.63, 3.8) is 0 Å². The third-order valence-corrected chi connectivity index (χ3v) is 5.01. The number of nitrogens with one attached hydrogen (secondary N) is 1. The van der Waals surface area contributed by atoms with E-state index in [9.17, 15) is 17.4 Å². The first kappa shape index (κ1) is 18.7. The predicted molar refractivity (Wildman–Crippen MR) is 93.9 cm³/mol. The molecule has 2 atom stereocenters. The molecule has 0 fully saturated rings. The van der Waals surface area contributed by atoms with Crippen molar-refractivity contribution in [1.29, 1.82) is 0 Å². The molecule has 0 amide bonds. The molecule has 0 saturated heterocycles. The van der Waals surface area contributed by atoms with Crippen LogP contribution >= 0.6 is 0 Å². The van der Waals surface area contributed by atoms with Gasteiger partial charge in [-0.15, -0.1) is 0 Å². The van der Waals surface area contributed by atoms with E-state index >= 15 is 0 Å². The predicted octanol–water partition coefficient (Wildman–Crippen LogP) is 4.84. The average Bonchev–Trinajstić information content (AvgIpc) is 2.49. The number of benzene rings is 2. The van der Waals surface area contributed by atoms with Crippen molar-refractivity contribution < 1.29 is 17.4 Å². The fourth-order valence-electron chi connectivity index (χ4n) is 2.10. The van der Waals surface area contributed by atoms with Crippen molar-refractivity contribution in [2.24, 2.45) is 0 Å². The lowest BCUT2D eigenvalue weighted by molar-refractivity contribution is -0.139. The zero-order chi connectivity index (χ0) is 18.0. The maximum Gasteiger partial charge on any atom is 0.408 e. The largest absolute Gasteiger partial charge is 0.408 e. The second-order valence-electron chi connectivity index (χ2n) is 6.45. The van der Waals surface area contributed by atoms with Crippen molar-refractivity contribution in [1.82, 2.24) is 4.72 Å². The maximum absolute atomic E-state index is 13.2. The van der Waals surface area contributed by atoms with E-state index in [0.29, 0.717) is 5.56 Å². The van der Waals surface area contributed by atoms with Crippen LogP contribution in [0.25, 0.3) is 16.8 Å². The minimum atomic E-state index is -4.53. The third kappa shape index (κ3) is 4.68. The second-order valence-corrected chi connectivity index (χ2v) is 8.44. The summed E-state index contributed by atoms with van der Waals surface area (Å²) in [6.07, 6.45) is -2.08. The summed E-state index contributed by atoms with van der Waals surface area (Å²) in [4.78, 5) is 0. The van der Waals surface area contributed by atoms with Crippen molar-refractivity contribution >= 4 is 27.8 Å². The van der Waals surface area contributed by atoms with Crippen LogP contribution in [0, 0.1) is 0 Å². The lowest BCUT2D eigenvalue weighted by atomic mass is 10.0. The van der Waals surface area contributed by atoms with Crippen molar-refractivity contribution in [3.05, 3.63) is 54.1 Å². The molecule has 0 bridgehead atoms. The standard InChI is InChI=1S/C18H20F3NOS/c1-17(2,3)24(23)22-16(18(19,20)21)12-11-14-9-6-8-13-7-4-5-10-15(13)14/h4-12,16,22H,1-3H3/b12-11+/t16-,24?/m1/s1. The Hall–Kier alpha value is -1.66. The van der Waals surface area contributed by atoms with Crippen LogP contribution in [0.2, 0.25) is 0 Å². The van der Waals surface area contributed by atoms with E-state index in [2.05, 4.69) is 4.72 Å². The van der Waals surface area contributed by atoms with Crippen LogP contribution < -0.4 is 4.72 Å². The lowest BCUT2D eigenvalue weighted by Crippen LogP contribution is -2.46. The molecule has 0 aliphatic heterocycles. The summed E-state index contributed by atoms with van der Waals surface area (Å²) >= 11 is 0. The number of halogens is 3. The van der Waals surface area contributed by atoms with Gasteiger partial charge in [-0.1, -0.05) is 54.6 Å². The van der Waals surface area contributed by atoms with Crippen molar-refractivity contribution in [2.75, 3.05) is 0 Å². The van der Waals surface area contributed by atoms with Gasteiger partial charge in [0.2, 0.25) is 0 Å². The molecule has 2 aromatic carbocycles. The highest BCUT2D eigenvalue weighted by Crippen LogP contribution is 2.25. The molecule has 0 aliphatic rings. The van der Waals surface area contributed by atoms with Gasteiger partial charge in [-0.2, -0.15) is 13.2 Å². The third-order valence-electron chi connectivity index (χ3n) is 3.43. The summed E-state index contributed by atoms with van der Waals surface area (Å²) < 4.78 is 53.1. The summed E-state index contributed by atoms with van der Waals surface area (Å²) in [7, 11) is -1.82. The molecule has 0 aliphatic carbocycles. The Morgan fingerprint density at radius 1 is 1.04 bits per heavy atom. The highest BCUT2D eigenvalue weighted by Gasteiger charge is 2.40. The van der Waals surface area contributed by atoms with Crippen LogP contribution in [0.5, 0.6) is 0 Å². The quantitative estimate of drug-likeness (QED) is 0.836. The Kier molecular flexibility index (Phi) is 5.50. The second kappa shape index (κ2) is 7.07. The molecule has 1 N–H and O–H groups in total. The minimum absolute atomic E-state index is 0.686. The SMILES string of the molecule is CC(C)(C)S(=O)N[C@H](/C=C/c1cccc2ccccc12)C(F)(F)F. The molecule has 1 unspecified atom stereocenters. The van der Waals surface area contributed by atoms with Gasteiger partial charge in [0.15, 0.2) is 0 Å². The van der Waals surface area contributed by atoms with Gasteiger partial charge in [0, 0.05) is 0 Å². The first-order valence-corrected chi connectivity index (χ1v) is 8.65. The number of hydrogen-bond donors (Lipinski definition) is 1. The fraction of sp³-hybridized carbons (Fsp3) is 0.333. The number of hydrogen-bond acceptors (Lipinski definition) is 1. The minimum Gasteiger partial charge on any atom is -0.242 e. The van der Waals surface area contributed by atoms with Gasteiger partial charge in [-0.05, 0) is 37.1 Å². The monoisotopic (exact) mass is 355 g/mol. The highest BCUT2D eigenvalue weighted by molar-refractivity contribution is 7.84. The molecular weight excluding hydrogens is 335 g/mol. The topological polar surface area (TPSA) is 29.1 Å². The molecule has 0 heterocycles. The summed E-state index contributed by atoms with van der Waals surface area (Å²) in [5.74, 6) is 0. The van der Waals surface area contributed by atoms with Gasteiger partial charge < -0.3 is 0 Å². The van der Waals surface area contributed by atoms with E-state index in [4.69, 9.17) is 0 Å². The molecule has 2 aromatic rings. The Morgan fingerprint density at radius 3 is 2.29 bits per heavy atom. The highest BCUT2D eigenvalue weighted by atomic mass is 32.2. The van der Waals surface area contributed by atoms with Crippen LogP contribution in [0.3, 0.4) is 0 Å². The van der Waals surface area contributed by atoms with Crippen LogP contribution in [-0.2, 0) is 11.0 Å². The molecule has 0 saturated carbocycles. The summed E-state index contributed by atoms with van der Waals surface area (Å²) in [5.41, 5.74) is 0.686. The molecule has 2 nitrogen and oxygen atoms in total. The number of rotatable bonds is 4. The van der Waals surface area contributed by atoms with Crippen LogP contribution in [0.15, 0.2) is 48.5 Å². The first-order chi connectivity index (χ1) is 11.1. The van der Waals surface area contributed by atoms with E-state index in [1.807, 2.05) is 30.3 Å². The van der Waals surface area contributed by atoms with Crippen LogP contribution in [0.1, 0.15) is 26.3 Å². The number of alkyl halides is 3. The van der Waals surface area contributed by atoms with Crippen molar-refractivity contribution in [2.45, 2.75) is 37.7 Å². The maximum atomic E-state index is 13.2. The molecule has 24 heavy (non-hydrogen) atoms. The summed E-state index contributed by atoms with van der Waals surface area (Å²) in [6.45, 7) is 4.87. The molecule has 0 radical (unpaired) electrons. The summed E-state index contributed by atoms with van der Waals surface area (Å²) in [6, 6.07) is 11.0. The first-order valence-electron chi connectivity index (χ1n) is 7.50. The van der Waals surface area contributed by atoms with Gasteiger partial charge in [0.1, 0.15) is 6.04 Å². The van der Waals surface area contributed by atoms with E-state index in [-0.39, 0.29) is 0 Å². The van der Waals surface area contributed by atoms with Gasteiger partial charge >= 0.3 is 6.18 Å². The van der Waals surface area contributed by atoms with Crippen molar-refractivity contribution in [3.8, 4) is 0 Å². The molecule has 2 rings (SSSR count). The zero-order valence-electron chi connectivity index (χ0n) is 13.7. The Labute approximate surface area is 142 Å². The Balaban J connectivity index is 2.32. The van der Waals surface area contributed by atoms with E-state index in [1.54, 1.807) is 32.9 Å². The molecular formula is C18H20F3NOS. The summed E-state index contributed by atoms with van der Waals surface area (Å²) in [5, 5.41) is 1.82. The van der Waals surface area contributed by atoms with Crippen LogP contribution in [-0.4, -0.2) is 21.2 Å². The van der Waals surface area contributed by atoms with Gasteiger partial charge in [-0.25, -0.2) is 8.93 Å². The Bertz CT molecular complexity index is 757. The molecule has 130 valence electrons. The van der Waals surface area contributed by atoms with E-state index in [0.717, 1.165) is 16.8 Å². The van der Waals surface area contributed by atoms with E-state index in [1.165, 1.54) is 6.08 Å². The Morgan fingerprint density at radius 2 is 1.67 bits per heavy atom.